The van der Waals surface area contributed by atoms with E-state index in [0.717, 1.165) is 5.69 Å². The maximum absolute atomic E-state index is 13.0. The summed E-state index contributed by atoms with van der Waals surface area (Å²) in [5.74, 6) is 1.84. The fourth-order valence-corrected chi connectivity index (χ4v) is 5.37. The van der Waals surface area contributed by atoms with Gasteiger partial charge in [0.2, 0.25) is 15.9 Å². The predicted molar refractivity (Wildman–Crippen MR) is 134 cm³/mol. The van der Waals surface area contributed by atoms with Crippen molar-refractivity contribution in [3.8, 4) is 17.2 Å². The standard InChI is InChI=1S/C26H29N3O5S/c1-20(27-21-12-14-22(15-13-21)34-25-11-7-6-10-24(25)33-2)26(30)28-16-18-29(19-17-28)35(31,32)23-8-4-3-5-9-23/h3-15,20,27H,16-19H2,1-2H3/t20-/m1/s1. The third-order valence-corrected chi connectivity index (χ3v) is 7.75. The third kappa shape index (κ3) is 5.75. The molecule has 184 valence electrons. The fraction of sp³-hybridized carbons (Fsp3) is 0.269. The lowest BCUT2D eigenvalue weighted by atomic mass is 10.2. The highest BCUT2D eigenvalue weighted by Crippen LogP contribution is 2.31. The zero-order chi connectivity index (χ0) is 24.8. The first kappa shape index (κ1) is 24.6. The van der Waals surface area contributed by atoms with Crippen molar-refractivity contribution in [3.63, 3.8) is 0 Å². The second-order valence-corrected chi connectivity index (χ2v) is 10.1. The van der Waals surface area contributed by atoms with Crippen molar-refractivity contribution in [2.75, 3.05) is 38.6 Å². The van der Waals surface area contributed by atoms with Crippen LogP contribution in [0.4, 0.5) is 5.69 Å². The number of benzene rings is 3. The second kappa shape index (κ2) is 10.8. The summed E-state index contributed by atoms with van der Waals surface area (Å²) in [6.45, 7) is 3.04. The summed E-state index contributed by atoms with van der Waals surface area (Å²) in [5.41, 5.74) is 0.781. The number of anilines is 1. The van der Waals surface area contributed by atoms with Crippen LogP contribution in [0.3, 0.4) is 0 Å². The van der Waals surface area contributed by atoms with E-state index in [0.29, 0.717) is 30.3 Å². The van der Waals surface area contributed by atoms with Crippen LogP contribution in [-0.2, 0) is 14.8 Å². The van der Waals surface area contributed by atoms with Gasteiger partial charge in [-0.3, -0.25) is 4.79 Å². The first-order valence-electron chi connectivity index (χ1n) is 11.4. The van der Waals surface area contributed by atoms with Crippen LogP contribution in [0.1, 0.15) is 6.92 Å². The van der Waals surface area contributed by atoms with Gasteiger partial charge in [-0.2, -0.15) is 4.31 Å². The third-order valence-electron chi connectivity index (χ3n) is 5.84. The van der Waals surface area contributed by atoms with E-state index in [2.05, 4.69) is 5.32 Å². The molecule has 1 aliphatic rings. The largest absolute Gasteiger partial charge is 0.493 e. The quantitative estimate of drug-likeness (QED) is 0.511. The molecule has 0 bridgehead atoms. The molecule has 8 nitrogen and oxygen atoms in total. The van der Waals surface area contributed by atoms with Crippen LogP contribution in [0.5, 0.6) is 17.2 Å². The number of hydrogen-bond donors (Lipinski definition) is 1. The first-order chi connectivity index (χ1) is 16.9. The van der Waals surface area contributed by atoms with E-state index in [1.807, 2.05) is 48.5 Å². The molecule has 0 unspecified atom stereocenters. The molecule has 1 heterocycles. The summed E-state index contributed by atoms with van der Waals surface area (Å²) in [7, 11) is -1.96. The Labute approximate surface area is 206 Å². The number of nitrogens with one attached hydrogen (secondary N) is 1. The van der Waals surface area contributed by atoms with Crippen LogP contribution in [0.2, 0.25) is 0 Å². The van der Waals surface area contributed by atoms with Crippen molar-refractivity contribution in [2.24, 2.45) is 0 Å². The molecule has 0 radical (unpaired) electrons. The SMILES string of the molecule is COc1ccccc1Oc1ccc(N[C@H](C)C(=O)N2CCN(S(=O)(=O)c3ccccc3)CC2)cc1. The van der Waals surface area contributed by atoms with Crippen LogP contribution in [0.25, 0.3) is 0 Å². The molecule has 35 heavy (non-hydrogen) atoms. The zero-order valence-corrected chi connectivity index (χ0v) is 20.6. The van der Waals surface area contributed by atoms with E-state index >= 15 is 0 Å². The Bertz CT molecular complexity index is 1240. The average molecular weight is 496 g/mol. The second-order valence-electron chi connectivity index (χ2n) is 8.19. The Morgan fingerprint density at radius 1 is 0.857 bits per heavy atom. The molecule has 3 aromatic rings. The molecule has 4 rings (SSSR count). The first-order valence-corrected chi connectivity index (χ1v) is 12.8. The van der Waals surface area contributed by atoms with Gasteiger partial charge in [0.1, 0.15) is 11.8 Å². The number of amides is 1. The summed E-state index contributed by atoms with van der Waals surface area (Å²) in [6, 6.07) is 22.6. The number of rotatable bonds is 8. The highest BCUT2D eigenvalue weighted by atomic mass is 32.2. The zero-order valence-electron chi connectivity index (χ0n) is 19.8. The molecule has 1 fully saturated rings. The van der Waals surface area contributed by atoms with Gasteiger partial charge in [0, 0.05) is 31.9 Å². The van der Waals surface area contributed by atoms with Gasteiger partial charge in [-0.25, -0.2) is 8.42 Å². The number of methoxy groups -OCH3 is 1. The summed E-state index contributed by atoms with van der Waals surface area (Å²) in [6.07, 6.45) is 0. The van der Waals surface area contributed by atoms with Crippen LogP contribution in [0, 0.1) is 0 Å². The van der Waals surface area contributed by atoms with E-state index in [1.54, 1.807) is 49.3 Å². The van der Waals surface area contributed by atoms with E-state index in [9.17, 15) is 13.2 Å². The maximum atomic E-state index is 13.0. The maximum Gasteiger partial charge on any atom is 0.244 e. The molecule has 1 N–H and O–H groups in total. The molecule has 1 amide bonds. The number of hydrogen-bond acceptors (Lipinski definition) is 6. The molecular formula is C26H29N3O5S. The lowest BCUT2D eigenvalue weighted by Gasteiger charge is -2.35. The Hall–Kier alpha value is -3.56. The lowest BCUT2D eigenvalue weighted by Crippen LogP contribution is -2.53. The molecule has 0 aliphatic carbocycles. The highest BCUT2D eigenvalue weighted by molar-refractivity contribution is 7.89. The molecular weight excluding hydrogens is 466 g/mol. The van der Waals surface area contributed by atoms with Crippen LogP contribution in [-0.4, -0.2) is 62.9 Å². The monoisotopic (exact) mass is 495 g/mol. The van der Waals surface area contributed by atoms with E-state index in [1.165, 1.54) is 4.31 Å². The number of para-hydroxylation sites is 2. The Kier molecular flexibility index (Phi) is 7.57. The van der Waals surface area contributed by atoms with Crippen molar-refractivity contribution in [1.29, 1.82) is 0 Å². The van der Waals surface area contributed by atoms with Gasteiger partial charge in [0.05, 0.1) is 12.0 Å². The number of nitrogens with zero attached hydrogens (tertiary/aromatic N) is 2. The molecule has 1 atom stereocenters. The lowest BCUT2D eigenvalue weighted by molar-refractivity contribution is -0.132. The van der Waals surface area contributed by atoms with Crippen molar-refractivity contribution in [3.05, 3.63) is 78.9 Å². The van der Waals surface area contributed by atoms with E-state index in [-0.39, 0.29) is 23.9 Å². The van der Waals surface area contributed by atoms with Gasteiger partial charge in [-0.15, -0.1) is 0 Å². The molecule has 3 aromatic carbocycles. The van der Waals surface area contributed by atoms with Crippen molar-refractivity contribution in [2.45, 2.75) is 17.9 Å². The molecule has 1 aliphatic heterocycles. The van der Waals surface area contributed by atoms with E-state index < -0.39 is 16.1 Å². The number of carbonyl (C=O) groups excluding carboxylic acids is 1. The predicted octanol–water partition coefficient (Wildman–Crippen LogP) is 3.82. The Morgan fingerprint density at radius 3 is 2.09 bits per heavy atom. The van der Waals surface area contributed by atoms with E-state index in [4.69, 9.17) is 9.47 Å². The molecule has 0 spiro atoms. The minimum atomic E-state index is -3.55. The highest BCUT2D eigenvalue weighted by Gasteiger charge is 2.31. The Balaban J connectivity index is 1.31. The van der Waals surface area contributed by atoms with Crippen LogP contribution < -0.4 is 14.8 Å². The Morgan fingerprint density at radius 2 is 1.46 bits per heavy atom. The van der Waals surface area contributed by atoms with Crippen LogP contribution >= 0.6 is 0 Å². The minimum absolute atomic E-state index is 0.0730. The van der Waals surface area contributed by atoms with Gasteiger partial charge >= 0.3 is 0 Å². The summed E-state index contributed by atoms with van der Waals surface area (Å²) in [4.78, 5) is 14.9. The van der Waals surface area contributed by atoms with Gasteiger partial charge in [0.25, 0.3) is 0 Å². The number of carbonyl (C=O) groups is 1. The van der Waals surface area contributed by atoms with Crippen molar-refractivity contribution < 1.29 is 22.7 Å². The number of ether oxygens (including phenoxy) is 2. The topological polar surface area (TPSA) is 88.2 Å². The van der Waals surface area contributed by atoms with Crippen molar-refractivity contribution in [1.82, 2.24) is 9.21 Å². The molecule has 0 aromatic heterocycles. The van der Waals surface area contributed by atoms with Crippen molar-refractivity contribution >= 4 is 21.6 Å². The minimum Gasteiger partial charge on any atom is -0.493 e. The fourth-order valence-electron chi connectivity index (χ4n) is 3.93. The summed E-state index contributed by atoms with van der Waals surface area (Å²) in [5, 5.41) is 3.22. The van der Waals surface area contributed by atoms with Gasteiger partial charge in [-0.05, 0) is 55.5 Å². The van der Waals surface area contributed by atoms with Crippen LogP contribution in [0.15, 0.2) is 83.8 Å². The molecule has 1 saturated heterocycles. The van der Waals surface area contributed by atoms with Gasteiger partial charge in [-0.1, -0.05) is 30.3 Å². The average Bonchev–Trinajstić information content (AvgIpc) is 2.90. The summed E-state index contributed by atoms with van der Waals surface area (Å²) < 4.78 is 38.3. The summed E-state index contributed by atoms with van der Waals surface area (Å²) >= 11 is 0. The number of piperazine rings is 1. The number of sulfonamides is 1. The smallest absolute Gasteiger partial charge is 0.244 e. The molecule has 0 saturated carbocycles. The van der Waals surface area contributed by atoms with Gasteiger partial charge < -0.3 is 19.7 Å². The molecule has 9 heteroatoms. The van der Waals surface area contributed by atoms with Gasteiger partial charge in [0.15, 0.2) is 11.5 Å². The normalized spacial score (nSPS) is 15.3.